The smallest absolute Gasteiger partial charge is 0.0727 e. The first-order chi connectivity index (χ1) is 6.18. The SMILES string of the molecule is Cn1cc(NCC2(N)CCC2)cn1. The van der Waals surface area contributed by atoms with E-state index in [-0.39, 0.29) is 5.54 Å². The van der Waals surface area contributed by atoms with Crippen LogP contribution >= 0.6 is 0 Å². The summed E-state index contributed by atoms with van der Waals surface area (Å²) in [6, 6.07) is 0. The van der Waals surface area contributed by atoms with E-state index >= 15 is 0 Å². The van der Waals surface area contributed by atoms with Gasteiger partial charge >= 0.3 is 0 Å². The number of nitrogens with two attached hydrogens (primary N) is 1. The Morgan fingerprint density at radius 3 is 2.92 bits per heavy atom. The summed E-state index contributed by atoms with van der Waals surface area (Å²) >= 11 is 0. The third-order valence-corrected chi connectivity index (χ3v) is 2.70. The topological polar surface area (TPSA) is 55.9 Å². The molecule has 2 rings (SSSR count). The van der Waals surface area contributed by atoms with E-state index < -0.39 is 0 Å². The van der Waals surface area contributed by atoms with Crippen LogP contribution in [0.2, 0.25) is 0 Å². The molecule has 72 valence electrons. The molecule has 1 aromatic heterocycles. The first kappa shape index (κ1) is 8.56. The third-order valence-electron chi connectivity index (χ3n) is 2.70. The van der Waals surface area contributed by atoms with E-state index in [9.17, 15) is 0 Å². The minimum Gasteiger partial charge on any atom is -0.381 e. The molecule has 1 aromatic rings. The van der Waals surface area contributed by atoms with Crippen molar-refractivity contribution in [3.05, 3.63) is 12.4 Å². The van der Waals surface area contributed by atoms with Crippen molar-refractivity contribution in [2.45, 2.75) is 24.8 Å². The Hall–Kier alpha value is -1.03. The Labute approximate surface area is 78.1 Å². The lowest BCUT2D eigenvalue weighted by molar-refractivity contribution is 0.265. The molecule has 3 N–H and O–H groups in total. The lowest BCUT2D eigenvalue weighted by Crippen LogP contribution is -2.51. The van der Waals surface area contributed by atoms with Crippen LogP contribution in [-0.2, 0) is 7.05 Å². The molecule has 4 heteroatoms. The van der Waals surface area contributed by atoms with Crippen LogP contribution in [0.25, 0.3) is 0 Å². The van der Waals surface area contributed by atoms with Crippen molar-refractivity contribution < 1.29 is 0 Å². The second kappa shape index (κ2) is 3.03. The van der Waals surface area contributed by atoms with E-state index in [0.717, 1.165) is 25.1 Å². The molecule has 0 atom stereocenters. The fraction of sp³-hybridized carbons (Fsp3) is 0.667. The second-order valence-corrected chi connectivity index (χ2v) is 3.97. The molecule has 13 heavy (non-hydrogen) atoms. The minimum atomic E-state index is 0.0375. The van der Waals surface area contributed by atoms with Gasteiger partial charge in [-0.1, -0.05) is 0 Å². The molecule has 1 saturated carbocycles. The zero-order valence-electron chi connectivity index (χ0n) is 7.95. The second-order valence-electron chi connectivity index (χ2n) is 3.97. The van der Waals surface area contributed by atoms with Crippen LogP contribution in [-0.4, -0.2) is 21.9 Å². The zero-order chi connectivity index (χ0) is 9.31. The van der Waals surface area contributed by atoms with Crippen LogP contribution in [0.15, 0.2) is 12.4 Å². The molecule has 0 spiro atoms. The van der Waals surface area contributed by atoms with Crippen LogP contribution in [0.4, 0.5) is 5.69 Å². The monoisotopic (exact) mass is 180 g/mol. The van der Waals surface area contributed by atoms with E-state index in [1.54, 1.807) is 4.68 Å². The summed E-state index contributed by atoms with van der Waals surface area (Å²) in [5.74, 6) is 0. The molecule has 1 heterocycles. The van der Waals surface area contributed by atoms with Crippen molar-refractivity contribution in [2.75, 3.05) is 11.9 Å². The van der Waals surface area contributed by atoms with Gasteiger partial charge in [-0.05, 0) is 19.3 Å². The number of hydrogen-bond acceptors (Lipinski definition) is 3. The molecule has 1 aliphatic carbocycles. The quantitative estimate of drug-likeness (QED) is 0.720. The maximum atomic E-state index is 6.07. The highest BCUT2D eigenvalue weighted by Gasteiger charge is 2.31. The Kier molecular flexibility index (Phi) is 2.00. The third kappa shape index (κ3) is 1.83. The van der Waals surface area contributed by atoms with Crippen LogP contribution in [0.3, 0.4) is 0 Å². The number of nitrogens with one attached hydrogen (secondary N) is 1. The zero-order valence-corrected chi connectivity index (χ0v) is 7.95. The van der Waals surface area contributed by atoms with Gasteiger partial charge in [-0.25, -0.2) is 0 Å². The summed E-state index contributed by atoms with van der Waals surface area (Å²) in [6.07, 6.45) is 7.33. The van der Waals surface area contributed by atoms with Crippen molar-refractivity contribution in [1.82, 2.24) is 9.78 Å². The number of hydrogen-bond donors (Lipinski definition) is 2. The van der Waals surface area contributed by atoms with Gasteiger partial charge in [0.1, 0.15) is 0 Å². The molecule has 1 fully saturated rings. The van der Waals surface area contributed by atoms with Crippen LogP contribution < -0.4 is 11.1 Å². The molecule has 0 unspecified atom stereocenters. The number of anilines is 1. The first-order valence-electron chi connectivity index (χ1n) is 4.69. The number of aryl methyl sites for hydroxylation is 1. The Morgan fingerprint density at radius 1 is 1.69 bits per heavy atom. The van der Waals surface area contributed by atoms with Crippen LogP contribution in [0.1, 0.15) is 19.3 Å². The van der Waals surface area contributed by atoms with Crippen molar-refractivity contribution in [3.63, 3.8) is 0 Å². The van der Waals surface area contributed by atoms with Crippen LogP contribution in [0, 0.1) is 0 Å². The highest BCUT2D eigenvalue weighted by molar-refractivity contribution is 5.38. The Bertz CT molecular complexity index is 288. The molecule has 4 nitrogen and oxygen atoms in total. The van der Waals surface area contributed by atoms with Gasteiger partial charge in [0.2, 0.25) is 0 Å². The highest BCUT2D eigenvalue weighted by atomic mass is 15.3. The van der Waals surface area contributed by atoms with Crippen LogP contribution in [0.5, 0.6) is 0 Å². The Balaban J connectivity index is 1.85. The standard InChI is InChI=1S/C9H16N4/c1-13-6-8(5-12-13)11-7-9(10)3-2-4-9/h5-6,11H,2-4,7,10H2,1H3. The van der Waals surface area contributed by atoms with E-state index in [1.807, 2.05) is 19.4 Å². The number of aromatic nitrogens is 2. The normalized spacial score (nSPS) is 19.5. The van der Waals surface area contributed by atoms with E-state index in [1.165, 1.54) is 6.42 Å². The highest BCUT2D eigenvalue weighted by Crippen LogP contribution is 2.28. The van der Waals surface area contributed by atoms with E-state index in [2.05, 4.69) is 10.4 Å². The summed E-state index contributed by atoms with van der Waals surface area (Å²) in [6.45, 7) is 0.860. The van der Waals surface area contributed by atoms with Crippen molar-refractivity contribution in [2.24, 2.45) is 12.8 Å². The number of nitrogens with zero attached hydrogens (tertiary/aromatic N) is 2. The predicted molar refractivity (Wildman–Crippen MR) is 52.5 cm³/mol. The summed E-state index contributed by atoms with van der Waals surface area (Å²) in [5.41, 5.74) is 7.16. The summed E-state index contributed by atoms with van der Waals surface area (Å²) in [4.78, 5) is 0. The van der Waals surface area contributed by atoms with Crippen molar-refractivity contribution in [3.8, 4) is 0 Å². The fourth-order valence-electron chi connectivity index (χ4n) is 1.60. The molecule has 0 radical (unpaired) electrons. The average Bonchev–Trinajstić information content (AvgIpc) is 2.44. The predicted octanol–water partition coefficient (Wildman–Crippen LogP) is 0.713. The van der Waals surface area contributed by atoms with Gasteiger partial charge < -0.3 is 11.1 Å². The molecular weight excluding hydrogens is 164 g/mol. The lowest BCUT2D eigenvalue weighted by atomic mass is 9.78. The molecule has 0 saturated heterocycles. The maximum Gasteiger partial charge on any atom is 0.0727 e. The lowest BCUT2D eigenvalue weighted by Gasteiger charge is -2.38. The van der Waals surface area contributed by atoms with E-state index in [0.29, 0.717) is 0 Å². The minimum absolute atomic E-state index is 0.0375. The molecule has 0 amide bonds. The summed E-state index contributed by atoms with van der Waals surface area (Å²) in [7, 11) is 1.91. The number of rotatable bonds is 3. The summed E-state index contributed by atoms with van der Waals surface area (Å²) < 4.78 is 1.78. The van der Waals surface area contributed by atoms with Gasteiger partial charge in [-0.15, -0.1) is 0 Å². The average molecular weight is 180 g/mol. The van der Waals surface area contributed by atoms with Gasteiger partial charge in [0, 0.05) is 25.3 Å². The van der Waals surface area contributed by atoms with Gasteiger partial charge in [0.05, 0.1) is 11.9 Å². The summed E-state index contributed by atoms with van der Waals surface area (Å²) in [5, 5.41) is 7.37. The van der Waals surface area contributed by atoms with Crippen molar-refractivity contribution >= 4 is 5.69 Å². The van der Waals surface area contributed by atoms with Gasteiger partial charge in [0.15, 0.2) is 0 Å². The van der Waals surface area contributed by atoms with Crippen molar-refractivity contribution in [1.29, 1.82) is 0 Å². The van der Waals surface area contributed by atoms with Gasteiger partial charge in [0.25, 0.3) is 0 Å². The Morgan fingerprint density at radius 2 is 2.46 bits per heavy atom. The van der Waals surface area contributed by atoms with Gasteiger partial charge in [-0.2, -0.15) is 5.10 Å². The molecule has 0 bridgehead atoms. The first-order valence-corrected chi connectivity index (χ1v) is 4.69. The molecule has 0 aliphatic heterocycles. The van der Waals surface area contributed by atoms with E-state index in [4.69, 9.17) is 5.73 Å². The van der Waals surface area contributed by atoms with Gasteiger partial charge in [-0.3, -0.25) is 4.68 Å². The molecule has 0 aromatic carbocycles. The maximum absolute atomic E-state index is 6.07. The molecular formula is C9H16N4. The largest absolute Gasteiger partial charge is 0.381 e. The fourth-order valence-corrected chi connectivity index (χ4v) is 1.60. The molecule has 1 aliphatic rings.